The molecule has 83 heavy (non-hydrogen) atoms. The van der Waals surface area contributed by atoms with E-state index in [2.05, 4.69) is 243 Å². The normalized spacial score (nSPS) is 13.4. The van der Waals surface area contributed by atoms with Crippen LogP contribution in [-0.4, -0.2) is 13.2 Å². The lowest BCUT2D eigenvalue weighted by Gasteiger charge is -2.26. The fraction of sp³-hybridized carbons (Fsp3) is 0.425. The third-order valence-corrected chi connectivity index (χ3v) is 18.5. The van der Waals surface area contributed by atoms with Crippen molar-refractivity contribution < 1.29 is 9.47 Å². The van der Waals surface area contributed by atoms with Crippen LogP contribution in [0.4, 0.5) is 0 Å². The lowest BCUT2D eigenvalue weighted by Crippen LogP contribution is -2.11. The van der Waals surface area contributed by atoms with E-state index in [4.69, 9.17) is 9.47 Å². The lowest BCUT2D eigenvalue weighted by molar-refractivity contribution is 0.305. The van der Waals surface area contributed by atoms with Crippen LogP contribution in [0.2, 0.25) is 0 Å². The molecule has 0 unspecified atom stereocenters. The monoisotopic (exact) mass is 1120 g/mol. The SMILES string of the molecule is CCCCCCCCOc1cc2c(cc1-c1cc(C3=CC=C(C(C)(C)C)CC3)cc(-c3ccc(C(C)(C)C)cc3)c1)sc1cc(-c3cc(-c4ccc(C(C)(C)C)cc4)cc(-c4ccc(C(C)(C)C)cc4)c3)c(OCCCCCCCC)cc12. The second-order valence-electron chi connectivity index (χ2n) is 28.2. The molecule has 1 heterocycles. The van der Waals surface area contributed by atoms with Gasteiger partial charge in [-0.25, -0.2) is 0 Å². The quantitative estimate of drug-likeness (QED) is 0.0630. The van der Waals surface area contributed by atoms with Crippen LogP contribution in [0.1, 0.15) is 209 Å². The Hall–Kier alpha value is -6.16. The molecule has 9 rings (SSSR count). The summed E-state index contributed by atoms with van der Waals surface area (Å²) in [6, 6.07) is 51.9. The summed E-state index contributed by atoms with van der Waals surface area (Å²) in [5, 5.41) is 2.44. The second kappa shape index (κ2) is 26.4. The molecular weight excluding hydrogens is 1020 g/mol. The molecule has 0 spiro atoms. The summed E-state index contributed by atoms with van der Waals surface area (Å²) in [7, 11) is 0. The first-order valence-electron chi connectivity index (χ1n) is 31.9. The number of benzene rings is 7. The Morgan fingerprint density at radius 1 is 0.337 bits per heavy atom. The van der Waals surface area contributed by atoms with Gasteiger partial charge in [0.15, 0.2) is 0 Å². The molecule has 0 N–H and O–H groups in total. The van der Waals surface area contributed by atoms with Gasteiger partial charge < -0.3 is 9.47 Å². The molecule has 0 aliphatic heterocycles. The fourth-order valence-electron chi connectivity index (χ4n) is 11.9. The van der Waals surface area contributed by atoms with Crippen LogP contribution in [0.25, 0.3) is 81.4 Å². The van der Waals surface area contributed by atoms with Crippen LogP contribution in [0.15, 0.2) is 151 Å². The topological polar surface area (TPSA) is 18.5 Å². The molecule has 0 saturated heterocycles. The molecular formula is C80H98O2S. The Kier molecular flexibility index (Phi) is 19.5. The average molecular weight is 1120 g/mol. The van der Waals surface area contributed by atoms with Gasteiger partial charge in [0, 0.05) is 31.3 Å². The zero-order valence-electron chi connectivity index (χ0n) is 53.4. The minimum atomic E-state index is 0.0665. The van der Waals surface area contributed by atoms with Crippen molar-refractivity contribution in [2.75, 3.05) is 13.2 Å². The molecule has 1 aliphatic carbocycles. The Labute approximate surface area is 505 Å². The van der Waals surface area contributed by atoms with Crippen molar-refractivity contribution in [3.05, 3.63) is 173 Å². The van der Waals surface area contributed by atoms with Gasteiger partial charge in [-0.15, -0.1) is 11.3 Å². The predicted molar refractivity (Wildman–Crippen MR) is 365 cm³/mol. The van der Waals surface area contributed by atoms with Crippen LogP contribution < -0.4 is 9.47 Å². The largest absolute Gasteiger partial charge is 0.493 e. The maximum Gasteiger partial charge on any atom is 0.127 e. The Bertz CT molecular complexity index is 3460. The van der Waals surface area contributed by atoms with Gasteiger partial charge in [0.05, 0.1) is 13.2 Å². The van der Waals surface area contributed by atoms with Gasteiger partial charge >= 0.3 is 0 Å². The maximum absolute atomic E-state index is 7.11. The molecule has 0 bridgehead atoms. The Morgan fingerprint density at radius 2 is 0.687 bits per heavy atom. The molecule has 3 heteroatoms. The van der Waals surface area contributed by atoms with Gasteiger partial charge in [-0.2, -0.15) is 0 Å². The maximum atomic E-state index is 7.11. The van der Waals surface area contributed by atoms with Gasteiger partial charge in [0.25, 0.3) is 0 Å². The zero-order chi connectivity index (χ0) is 59.1. The molecule has 2 nitrogen and oxygen atoms in total. The van der Waals surface area contributed by atoms with Crippen LogP contribution in [0.3, 0.4) is 0 Å². The highest BCUT2D eigenvalue weighted by Gasteiger charge is 2.24. The van der Waals surface area contributed by atoms with Gasteiger partial charge in [0.1, 0.15) is 11.5 Å². The van der Waals surface area contributed by atoms with Gasteiger partial charge in [-0.05, 0) is 180 Å². The first-order chi connectivity index (χ1) is 39.6. The summed E-state index contributed by atoms with van der Waals surface area (Å²) in [6.07, 6.45) is 21.5. The highest BCUT2D eigenvalue weighted by molar-refractivity contribution is 7.25. The van der Waals surface area contributed by atoms with Crippen LogP contribution in [0.5, 0.6) is 11.5 Å². The standard InChI is InChI=1S/C80H98O2S/c1-15-17-19-21-23-25-43-81-73-51-71-72-52-74(82-44-26-24-22-20-18-16-2)70(64-49-61(57-31-39-67(40-32-57)79(9,10)11)46-62(50-64)58-33-41-68(42-34-58)80(12,13)14)54-76(72)83-75(71)53-69(73)63-47-59(55-27-35-65(36-28-55)77(3,4)5)45-60(48-63)56-29-37-66(38-30-56)78(6,7)8/h27-33,35-41,45-54H,15-26,34,42-44H2,1-14H3. The van der Waals surface area contributed by atoms with E-state index in [1.54, 1.807) is 0 Å². The molecule has 1 aliphatic rings. The molecule has 0 radical (unpaired) electrons. The summed E-state index contributed by atoms with van der Waals surface area (Å²) in [5.74, 6) is 1.90. The summed E-state index contributed by atoms with van der Waals surface area (Å²) < 4.78 is 16.7. The number of thiophene rings is 1. The van der Waals surface area contributed by atoms with Crippen LogP contribution >= 0.6 is 11.3 Å². The number of fused-ring (bicyclic) bond motifs is 3. The molecule has 0 saturated carbocycles. The Morgan fingerprint density at radius 3 is 1.04 bits per heavy atom. The van der Waals surface area contributed by atoms with Crippen molar-refractivity contribution in [2.24, 2.45) is 5.41 Å². The molecule has 0 amide bonds. The van der Waals surface area contributed by atoms with Crippen molar-refractivity contribution >= 4 is 37.1 Å². The van der Waals surface area contributed by atoms with E-state index in [1.807, 2.05) is 11.3 Å². The van der Waals surface area contributed by atoms with Crippen molar-refractivity contribution in [1.82, 2.24) is 0 Å². The number of hydrogen-bond donors (Lipinski definition) is 0. The number of unbranched alkanes of at least 4 members (excludes halogenated alkanes) is 10. The van der Waals surface area contributed by atoms with E-state index >= 15 is 0 Å². The predicted octanol–water partition coefficient (Wildman–Crippen LogP) is 24.9. The third-order valence-electron chi connectivity index (χ3n) is 17.4. The fourth-order valence-corrected chi connectivity index (χ4v) is 13.0. The highest BCUT2D eigenvalue weighted by Crippen LogP contribution is 2.48. The second-order valence-corrected chi connectivity index (χ2v) is 29.3. The highest BCUT2D eigenvalue weighted by atomic mass is 32.1. The number of rotatable bonds is 22. The van der Waals surface area contributed by atoms with Crippen LogP contribution in [0, 0.1) is 5.41 Å². The van der Waals surface area contributed by atoms with Crippen molar-refractivity contribution in [3.63, 3.8) is 0 Å². The smallest absolute Gasteiger partial charge is 0.127 e. The van der Waals surface area contributed by atoms with E-state index in [0.29, 0.717) is 13.2 Å². The van der Waals surface area contributed by atoms with Gasteiger partial charge in [-0.3, -0.25) is 0 Å². The average Bonchev–Trinajstić information content (AvgIpc) is 3.06. The van der Waals surface area contributed by atoms with E-state index in [-0.39, 0.29) is 21.7 Å². The van der Waals surface area contributed by atoms with Crippen molar-refractivity contribution in [2.45, 2.75) is 203 Å². The molecule has 436 valence electrons. The first kappa shape index (κ1) is 61.4. The van der Waals surface area contributed by atoms with Gasteiger partial charge in [-0.1, -0.05) is 252 Å². The number of ether oxygens (including phenoxy) is 2. The number of allylic oxidation sites excluding steroid dienone is 4. The summed E-state index contributed by atoms with van der Waals surface area (Å²) in [6.45, 7) is 33.6. The van der Waals surface area contributed by atoms with E-state index in [1.165, 1.54) is 162 Å². The van der Waals surface area contributed by atoms with E-state index in [9.17, 15) is 0 Å². The van der Waals surface area contributed by atoms with Crippen LogP contribution in [-0.2, 0) is 16.2 Å². The lowest BCUT2D eigenvalue weighted by atomic mass is 9.79. The molecule has 0 fully saturated rings. The van der Waals surface area contributed by atoms with E-state index < -0.39 is 0 Å². The molecule has 1 aromatic heterocycles. The number of hydrogen-bond acceptors (Lipinski definition) is 3. The molecule has 8 aromatic rings. The molecule has 7 aromatic carbocycles. The third kappa shape index (κ3) is 15.4. The van der Waals surface area contributed by atoms with Gasteiger partial charge in [0.2, 0.25) is 0 Å². The van der Waals surface area contributed by atoms with E-state index in [0.717, 1.165) is 48.3 Å². The first-order valence-corrected chi connectivity index (χ1v) is 32.7. The minimum absolute atomic E-state index is 0.0665. The minimum Gasteiger partial charge on any atom is -0.493 e. The summed E-state index contributed by atoms with van der Waals surface area (Å²) in [5.41, 5.74) is 20.5. The Balaban J connectivity index is 1.22. The summed E-state index contributed by atoms with van der Waals surface area (Å²) >= 11 is 1.89. The van der Waals surface area contributed by atoms with Crippen molar-refractivity contribution in [3.8, 4) is 67.1 Å². The summed E-state index contributed by atoms with van der Waals surface area (Å²) in [4.78, 5) is 0. The molecule has 0 atom stereocenters. The zero-order valence-corrected chi connectivity index (χ0v) is 54.2. The van der Waals surface area contributed by atoms with Crippen molar-refractivity contribution in [1.29, 1.82) is 0 Å².